The number of alkyl halides is 2. The lowest BCUT2D eigenvalue weighted by Crippen LogP contribution is -2.25. The van der Waals surface area contributed by atoms with Gasteiger partial charge < -0.3 is 24.8 Å². The van der Waals surface area contributed by atoms with Crippen LogP contribution < -0.4 is 20.1 Å². The molecule has 146 valence electrons. The minimum atomic E-state index is -3.75. The fraction of sp³-hybridized carbons (Fsp3) is 0.167. The SMILES string of the molecule is CC(=O)Nc1ccc(C(=O)OCC(=O)Nc2ccc3c(c2)OC(F)(F)O3)cc1. The van der Waals surface area contributed by atoms with Crippen LogP contribution in [0.15, 0.2) is 42.5 Å². The number of nitrogens with one attached hydrogen (secondary N) is 2. The lowest BCUT2D eigenvalue weighted by Gasteiger charge is -2.08. The fourth-order valence-electron chi connectivity index (χ4n) is 2.33. The molecule has 28 heavy (non-hydrogen) atoms. The van der Waals surface area contributed by atoms with Gasteiger partial charge in [-0.25, -0.2) is 4.79 Å². The molecule has 2 amide bonds. The van der Waals surface area contributed by atoms with Crippen LogP contribution in [-0.4, -0.2) is 30.7 Å². The number of fused-ring (bicyclic) bond motifs is 1. The van der Waals surface area contributed by atoms with E-state index in [1.165, 1.54) is 43.3 Å². The molecular formula is C18H14F2N2O6. The highest BCUT2D eigenvalue weighted by Crippen LogP contribution is 2.42. The smallest absolute Gasteiger partial charge is 0.452 e. The second kappa shape index (κ2) is 7.51. The summed E-state index contributed by atoms with van der Waals surface area (Å²) in [5.41, 5.74) is 0.864. The standard InChI is InChI=1S/C18H14F2N2O6/c1-10(23)21-12-4-2-11(3-5-12)17(25)26-9-16(24)22-13-6-7-14-15(8-13)28-18(19,20)27-14/h2-8H,9H2,1H3,(H,21,23)(H,22,24). The summed E-state index contributed by atoms with van der Waals surface area (Å²) in [5, 5.41) is 4.94. The molecule has 0 unspecified atom stereocenters. The Labute approximate surface area is 157 Å². The first-order valence-electron chi connectivity index (χ1n) is 7.96. The van der Waals surface area contributed by atoms with Crippen LogP contribution in [0.4, 0.5) is 20.2 Å². The van der Waals surface area contributed by atoms with Crippen LogP contribution in [0.5, 0.6) is 11.5 Å². The summed E-state index contributed by atoms with van der Waals surface area (Å²) in [7, 11) is 0. The number of halogens is 2. The molecule has 1 aliphatic heterocycles. The van der Waals surface area contributed by atoms with Gasteiger partial charge in [0, 0.05) is 24.4 Å². The molecule has 0 aliphatic carbocycles. The molecule has 0 atom stereocenters. The average molecular weight is 392 g/mol. The van der Waals surface area contributed by atoms with E-state index in [0.717, 1.165) is 6.07 Å². The number of hydrogen-bond acceptors (Lipinski definition) is 6. The van der Waals surface area contributed by atoms with Gasteiger partial charge in [0.2, 0.25) is 5.91 Å². The van der Waals surface area contributed by atoms with Crippen LogP contribution in [0.3, 0.4) is 0 Å². The molecule has 0 aromatic heterocycles. The molecule has 0 fully saturated rings. The number of rotatable bonds is 5. The Balaban J connectivity index is 1.52. The van der Waals surface area contributed by atoms with Crippen LogP contribution in [0.1, 0.15) is 17.3 Å². The topological polar surface area (TPSA) is 103 Å². The predicted molar refractivity (Wildman–Crippen MR) is 92.3 cm³/mol. The maximum atomic E-state index is 13.0. The lowest BCUT2D eigenvalue weighted by atomic mass is 10.2. The van der Waals surface area contributed by atoms with Crippen molar-refractivity contribution in [3.8, 4) is 11.5 Å². The first-order valence-corrected chi connectivity index (χ1v) is 7.96. The van der Waals surface area contributed by atoms with Crippen molar-refractivity contribution >= 4 is 29.2 Å². The van der Waals surface area contributed by atoms with Crippen LogP contribution in [0.25, 0.3) is 0 Å². The average Bonchev–Trinajstić information content (AvgIpc) is 2.93. The number of ether oxygens (including phenoxy) is 3. The van der Waals surface area contributed by atoms with Crippen LogP contribution >= 0.6 is 0 Å². The Hall–Kier alpha value is -3.69. The van der Waals surface area contributed by atoms with Gasteiger partial charge in [0.1, 0.15) is 0 Å². The van der Waals surface area contributed by atoms with Gasteiger partial charge in [-0.2, -0.15) is 0 Å². The molecule has 0 saturated carbocycles. The van der Waals surface area contributed by atoms with E-state index in [4.69, 9.17) is 4.74 Å². The predicted octanol–water partition coefficient (Wildman–Crippen LogP) is 2.76. The highest BCUT2D eigenvalue weighted by molar-refractivity contribution is 5.96. The molecular weight excluding hydrogens is 378 g/mol. The largest absolute Gasteiger partial charge is 0.586 e. The van der Waals surface area contributed by atoms with E-state index in [2.05, 4.69) is 20.1 Å². The van der Waals surface area contributed by atoms with Gasteiger partial charge in [-0.05, 0) is 36.4 Å². The zero-order valence-corrected chi connectivity index (χ0v) is 14.5. The molecule has 0 bridgehead atoms. The Kier molecular flexibility index (Phi) is 5.12. The Morgan fingerprint density at radius 1 is 0.964 bits per heavy atom. The molecule has 0 radical (unpaired) electrons. The summed E-state index contributed by atoms with van der Waals surface area (Å²) in [5.74, 6) is -2.04. The molecule has 2 aromatic carbocycles. The number of amides is 2. The van der Waals surface area contributed by atoms with Gasteiger partial charge in [-0.15, -0.1) is 8.78 Å². The summed E-state index contributed by atoms with van der Waals surface area (Å²) < 4.78 is 39.4. The van der Waals surface area contributed by atoms with Crippen molar-refractivity contribution in [2.75, 3.05) is 17.2 Å². The number of carbonyl (C=O) groups is 3. The Morgan fingerprint density at radius 3 is 2.29 bits per heavy atom. The quantitative estimate of drug-likeness (QED) is 0.759. The molecule has 3 rings (SSSR count). The fourth-order valence-corrected chi connectivity index (χ4v) is 2.33. The van der Waals surface area contributed by atoms with E-state index in [9.17, 15) is 23.2 Å². The molecule has 1 aliphatic rings. The van der Waals surface area contributed by atoms with Crippen molar-refractivity contribution < 1.29 is 37.4 Å². The van der Waals surface area contributed by atoms with Gasteiger partial charge in [0.05, 0.1) is 5.56 Å². The van der Waals surface area contributed by atoms with Crippen molar-refractivity contribution in [3.05, 3.63) is 48.0 Å². The van der Waals surface area contributed by atoms with Crippen LogP contribution in [-0.2, 0) is 14.3 Å². The zero-order valence-electron chi connectivity index (χ0n) is 14.5. The number of carbonyl (C=O) groups excluding carboxylic acids is 3. The number of hydrogen-bond donors (Lipinski definition) is 2. The van der Waals surface area contributed by atoms with E-state index in [-0.39, 0.29) is 28.7 Å². The minimum Gasteiger partial charge on any atom is -0.452 e. The first-order chi connectivity index (χ1) is 13.2. The van der Waals surface area contributed by atoms with Crippen LogP contribution in [0, 0.1) is 0 Å². The monoisotopic (exact) mass is 392 g/mol. The molecule has 0 spiro atoms. The van der Waals surface area contributed by atoms with Gasteiger partial charge in [0.25, 0.3) is 5.91 Å². The third-order valence-electron chi connectivity index (χ3n) is 3.46. The minimum absolute atomic E-state index is 0.155. The van der Waals surface area contributed by atoms with E-state index in [1.54, 1.807) is 0 Å². The van der Waals surface area contributed by atoms with Gasteiger partial charge >= 0.3 is 12.3 Å². The third kappa shape index (κ3) is 4.72. The van der Waals surface area contributed by atoms with E-state index in [1.807, 2.05) is 0 Å². The molecule has 2 N–H and O–H groups in total. The molecule has 10 heteroatoms. The number of esters is 1. The molecule has 2 aromatic rings. The number of benzene rings is 2. The molecule has 8 nitrogen and oxygen atoms in total. The Morgan fingerprint density at radius 2 is 1.61 bits per heavy atom. The van der Waals surface area contributed by atoms with Gasteiger partial charge in [0.15, 0.2) is 18.1 Å². The highest BCUT2D eigenvalue weighted by atomic mass is 19.3. The summed E-state index contributed by atoms with van der Waals surface area (Å²) in [6.07, 6.45) is -3.75. The van der Waals surface area contributed by atoms with Crippen molar-refractivity contribution in [1.82, 2.24) is 0 Å². The summed E-state index contributed by atoms with van der Waals surface area (Å²) in [6, 6.07) is 9.61. The highest BCUT2D eigenvalue weighted by Gasteiger charge is 2.43. The lowest BCUT2D eigenvalue weighted by molar-refractivity contribution is -0.286. The number of anilines is 2. The van der Waals surface area contributed by atoms with Crippen LogP contribution in [0.2, 0.25) is 0 Å². The van der Waals surface area contributed by atoms with E-state index >= 15 is 0 Å². The van der Waals surface area contributed by atoms with Crippen molar-refractivity contribution in [1.29, 1.82) is 0 Å². The third-order valence-corrected chi connectivity index (χ3v) is 3.46. The maximum absolute atomic E-state index is 13.0. The second-order valence-corrected chi connectivity index (χ2v) is 5.71. The van der Waals surface area contributed by atoms with Crippen molar-refractivity contribution in [2.45, 2.75) is 13.2 Å². The molecule has 1 heterocycles. The van der Waals surface area contributed by atoms with Gasteiger partial charge in [-0.1, -0.05) is 0 Å². The van der Waals surface area contributed by atoms with Crippen molar-refractivity contribution in [2.24, 2.45) is 0 Å². The second-order valence-electron chi connectivity index (χ2n) is 5.71. The molecule has 0 saturated heterocycles. The van der Waals surface area contributed by atoms with E-state index in [0.29, 0.717) is 5.69 Å². The van der Waals surface area contributed by atoms with Gasteiger partial charge in [-0.3, -0.25) is 9.59 Å². The maximum Gasteiger partial charge on any atom is 0.586 e. The first kappa shape index (κ1) is 19.1. The normalized spacial score (nSPS) is 13.5. The summed E-state index contributed by atoms with van der Waals surface area (Å²) >= 11 is 0. The van der Waals surface area contributed by atoms with E-state index < -0.39 is 24.8 Å². The van der Waals surface area contributed by atoms with Crippen molar-refractivity contribution in [3.63, 3.8) is 0 Å². The summed E-state index contributed by atoms with van der Waals surface area (Å²) in [4.78, 5) is 34.8. The Bertz CT molecular complexity index is 930. The summed E-state index contributed by atoms with van der Waals surface area (Å²) in [6.45, 7) is 0.767. The zero-order chi connectivity index (χ0) is 20.3.